The summed E-state index contributed by atoms with van der Waals surface area (Å²) in [7, 11) is 0. The maximum atomic E-state index is 2.39. The second-order valence-electron chi connectivity index (χ2n) is 12.2. The molecule has 2 nitrogen and oxygen atoms in total. The molecule has 0 radical (unpaired) electrons. The zero-order valence-electron chi connectivity index (χ0n) is 26.4. The number of para-hydroxylation sites is 2. The van der Waals surface area contributed by atoms with Crippen molar-refractivity contribution in [3.63, 3.8) is 0 Å². The van der Waals surface area contributed by atoms with Crippen LogP contribution in [0.15, 0.2) is 194 Å². The molecule has 0 spiro atoms. The number of aromatic nitrogens is 1. The molecule has 0 atom stereocenters. The van der Waals surface area contributed by atoms with Crippen LogP contribution < -0.4 is 4.90 Å². The van der Waals surface area contributed by atoms with E-state index in [1.807, 2.05) is 0 Å². The van der Waals surface area contributed by atoms with Crippen molar-refractivity contribution in [2.45, 2.75) is 0 Å². The molecule has 0 aliphatic carbocycles. The highest BCUT2D eigenvalue weighted by Gasteiger charge is 2.17. The first-order valence-corrected chi connectivity index (χ1v) is 16.4. The molecule has 0 unspecified atom stereocenters. The maximum absolute atomic E-state index is 2.39. The van der Waals surface area contributed by atoms with Crippen LogP contribution in [0, 0.1) is 0 Å². The van der Waals surface area contributed by atoms with Gasteiger partial charge in [-0.25, -0.2) is 0 Å². The first-order valence-electron chi connectivity index (χ1n) is 16.4. The van der Waals surface area contributed by atoms with Crippen LogP contribution in [0.5, 0.6) is 0 Å². The summed E-state index contributed by atoms with van der Waals surface area (Å²) in [6.45, 7) is 0. The van der Waals surface area contributed by atoms with Gasteiger partial charge in [0.2, 0.25) is 0 Å². The van der Waals surface area contributed by atoms with Crippen LogP contribution >= 0.6 is 0 Å². The Hall–Kier alpha value is -6.38. The topological polar surface area (TPSA) is 8.17 Å². The van der Waals surface area contributed by atoms with Gasteiger partial charge >= 0.3 is 0 Å². The van der Waals surface area contributed by atoms with Gasteiger partial charge in [0.15, 0.2) is 0 Å². The van der Waals surface area contributed by atoms with Gasteiger partial charge in [0.1, 0.15) is 0 Å². The summed E-state index contributed by atoms with van der Waals surface area (Å²) in [5, 5.41) is 4.97. The van der Waals surface area contributed by atoms with Crippen molar-refractivity contribution in [1.82, 2.24) is 4.57 Å². The molecule has 1 aromatic heterocycles. The van der Waals surface area contributed by atoms with E-state index >= 15 is 0 Å². The number of benzene rings is 8. The average molecular weight is 613 g/mol. The molecule has 9 aromatic rings. The van der Waals surface area contributed by atoms with Crippen LogP contribution in [0.2, 0.25) is 0 Å². The normalized spacial score (nSPS) is 11.3. The van der Waals surface area contributed by atoms with Gasteiger partial charge < -0.3 is 9.47 Å². The van der Waals surface area contributed by atoms with Crippen molar-refractivity contribution in [3.8, 4) is 27.9 Å². The summed E-state index contributed by atoms with van der Waals surface area (Å²) >= 11 is 0. The molecule has 8 aromatic carbocycles. The monoisotopic (exact) mass is 612 g/mol. The van der Waals surface area contributed by atoms with Crippen LogP contribution in [-0.4, -0.2) is 4.57 Å². The third-order valence-electron chi connectivity index (χ3n) is 9.36. The minimum absolute atomic E-state index is 1.11. The smallest absolute Gasteiger partial charge is 0.0541 e. The maximum Gasteiger partial charge on any atom is 0.0541 e. The van der Waals surface area contributed by atoms with Gasteiger partial charge in [0, 0.05) is 33.2 Å². The van der Waals surface area contributed by atoms with Crippen molar-refractivity contribution >= 4 is 49.6 Å². The summed E-state index contributed by atoms with van der Waals surface area (Å²) in [6, 6.07) is 69.9. The predicted molar refractivity (Wildman–Crippen MR) is 204 cm³/mol. The molecular formula is C46H32N2. The molecule has 0 amide bonds. The van der Waals surface area contributed by atoms with Gasteiger partial charge in [-0.15, -0.1) is 0 Å². The molecule has 0 saturated heterocycles. The highest BCUT2D eigenvalue weighted by molar-refractivity contribution is 6.09. The molecule has 2 heteroatoms. The fraction of sp³-hybridized carbons (Fsp3) is 0. The number of rotatable bonds is 6. The van der Waals surface area contributed by atoms with Crippen molar-refractivity contribution in [2.24, 2.45) is 0 Å². The quantitative estimate of drug-likeness (QED) is 0.181. The lowest BCUT2D eigenvalue weighted by Crippen LogP contribution is -2.10. The minimum atomic E-state index is 1.11. The molecule has 48 heavy (non-hydrogen) atoms. The summed E-state index contributed by atoms with van der Waals surface area (Å²) in [5.74, 6) is 0. The van der Waals surface area contributed by atoms with Crippen molar-refractivity contribution in [1.29, 1.82) is 0 Å². The molecule has 0 N–H and O–H groups in total. The van der Waals surface area contributed by atoms with E-state index < -0.39 is 0 Å². The van der Waals surface area contributed by atoms with E-state index in [-0.39, 0.29) is 0 Å². The number of fused-ring (bicyclic) bond motifs is 4. The molecular weight excluding hydrogens is 581 g/mol. The van der Waals surface area contributed by atoms with Gasteiger partial charge in [-0.1, -0.05) is 140 Å². The van der Waals surface area contributed by atoms with Gasteiger partial charge in [-0.05, 0) is 82.2 Å². The Morgan fingerprint density at radius 3 is 1.62 bits per heavy atom. The van der Waals surface area contributed by atoms with Crippen molar-refractivity contribution in [2.75, 3.05) is 4.90 Å². The summed E-state index contributed by atoms with van der Waals surface area (Å²) in [4.78, 5) is 2.39. The molecule has 226 valence electrons. The van der Waals surface area contributed by atoms with E-state index in [1.165, 1.54) is 54.8 Å². The second kappa shape index (κ2) is 11.8. The third kappa shape index (κ3) is 4.83. The van der Waals surface area contributed by atoms with Gasteiger partial charge in [0.25, 0.3) is 0 Å². The zero-order chi connectivity index (χ0) is 31.9. The molecule has 0 bridgehead atoms. The predicted octanol–water partition coefficient (Wildman–Crippen LogP) is 12.7. The number of hydrogen-bond donors (Lipinski definition) is 0. The Labute approximate surface area is 280 Å². The third-order valence-corrected chi connectivity index (χ3v) is 9.36. The van der Waals surface area contributed by atoms with Gasteiger partial charge in [-0.3, -0.25) is 0 Å². The van der Waals surface area contributed by atoms with E-state index in [2.05, 4.69) is 204 Å². The fourth-order valence-electron chi connectivity index (χ4n) is 7.11. The summed E-state index contributed by atoms with van der Waals surface area (Å²) < 4.78 is 2.38. The minimum Gasteiger partial charge on any atom is -0.310 e. The average Bonchev–Trinajstić information content (AvgIpc) is 3.50. The molecule has 0 aliphatic heterocycles. The molecule has 0 aliphatic rings. The Morgan fingerprint density at radius 2 is 0.875 bits per heavy atom. The molecule has 9 rings (SSSR count). The lowest BCUT2D eigenvalue weighted by Gasteiger charge is -2.27. The standard InChI is InChI=1S/C46H32N2/c1-2-13-33(14-3-1)34-27-29-38(30-28-34)47(44-26-12-16-35-15-4-5-21-41(35)44)39-19-10-17-36(31-39)37-18-11-20-40(32-37)48-45-24-8-6-22-42(45)43-23-7-9-25-46(43)48/h1-32H. The highest BCUT2D eigenvalue weighted by atomic mass is 15.1. The Balaban J connectivity index is 1.18. The van der Waals surface area contributed by atoms with Crippen LogP contribution in [-0.2, 0) is 0 Å². The van der Waals surface area contributed by atoms with Gasteiger partial charge in [-0.2, -0.15) is 0 Å². The zero-order valence-corrected chi connectivity index (χ0v) is 26.4. The molecule has 0 saturated carbocycles. The lowest BCUT2D eigenvalue weighted by molar-refractivity contribution is 1.18. The SMILES string of the molecule is c1ccc(-c2ccc(N(c3cccc(-c4cccc(-n5c6ccccc6c6ccccc65)c4)c3)c3cccc4ccccc34)cc2)cc1. The Kier molecular flexibility index (Phi) is 6.84. The van der Waals surface area contributed by atoms with E-state index in [0.717, 1.165) is 22.7 Å². The Bertz CT molecular complexity index is 2500. The summed E-state index contributed by atoms with van der Waals surface area (Å²) in [5.41, 5.74) is 11.7. The van der Waals surface area contributed by atoms with Crippen LogP contribution in [0.4, 0.5) is 17.1 Å². The first kappa shape index (κ1) is 27.9. The fourth-order valence-corrected chi connectivity index (χ4v) is 7.11. The van der Waals surface area contributed by atoms with Crippen LogP contribution in [0.25, 0.3) is 60.5 Å². The van der Waals surface area contributed by atoms with Gasteiger partial charge in [0.05, 0.1) is 16.7 Å². The van der Waals surface area contributed by atoms with E-state index in [1.54, 1.807) is 0 Å². The van der Waals surface area contributed by atoms with E-state index in [4.69, 9.17) is 0 Å². The highest BCUT2D eigenvalue weighted by Crippen LogP contribution is 2.41. The van der Waals surface area contributed by atoms with Crippen LogP contribution in [0.3, 0.4) is 0 Å². The lowest BCUT2D eigenvalue weighted by atomic mass is 10.0. The molecule has 1 heterocycles. The van der Waals surface area contributed by atoms with Crippen LogP contribution in [0.1, 0.15) is 0 Å². The first-order chi connectivity index (χ1) is 23.8. The van der Waals surface area contributed by atoms with E-state index in [9.17, 15) is 0 Å². The number of nitrogens with zero attached hydrogens (tertiary/aromatic N) is 2. The number of hydrogen-bond acceptors (Lipinski definition) is 1. The second-order valence-corrected chi connectivity index (χ2v) is 12.2. The van der Waals surface area contributed by atoms with Crippen molar-refractivity contribution in [3.05, 3.63) is 194 Å². The largest absolute Gasteiger partial charge is 0.310 e. The Morgan fingerprint density at radius 1 is 0.333 bits per heavy atom. The summed E-state index contributed by atoms with van der Waals surface area (Å²) in [6.07, 6.45) is 0. The van der Waals surface area contributed by atoms with E-state index in [0.29, 0.717) is 0 Å². The molecule has 0 fully saturated rings. The number of anilines is 3. The van der Waals surface area contributed by atoms with Crippen molar-refractivity contribution < 1.29 is 0 Å².